The van der Waals surface area contributed by atoms with Gasteiger partial charge in [0.05, 0.1) is 17.7 Å². The van der Waals surface area contributed by atoms with Gasteiger partial charge in [0.1, 0.15) is 24.5 Å². The molecule has 31 heavy (non-hydrogen) atoms. The van der Waals surface area contributed by atoms with Crippen molar-refractivity contribution in [3.8, 4) is 5.75 Å². The number of hydrogen-bond acceptors (Lipinski definition) is 5. The van der Waals surface area contributed by atoms with Crippen LogP contribution < -0.4 is 4.74 Å². The third kappa shape index (κ3) is 4.44. The van der Waals surface area contributed by atoms with Gasteiger partial charge in [-0.05, 0) is 42.0 Å². The topological polar surface area (TPSA) is 72.9 Å². The molecule has 6 nitrogen and oxygen atoms in total. The summed E-state index contributed by atoms with van der Waals surface area (Å²) >= 11 is 5.89. The summed E-state index contributed by atoms with van der Waals surface area (Å²) in [6, 6.07) is 20.6. The first-order valence-electron chi connectivity index (χ1n) is 9.63. The predicted molar refractivity (Wildman–Crippen MR) is 114 cm³/mol. The van der Waals surface area contributed by atoms with Gasteiger partial charge in [-0.3, -0.25) is 14.5 Å². The fourth-order valence-corrected chi connectivity index (χ4v) is 3.38. The van der Waals surface area contributed by atoms with Crippen LogP contribution in [0.4, 0.5) is 0 Å². The molecule has 1 aliphatic heterocycles. The van der Waals surface area contributed by atoms with Crippen molar-refractivity contribution in [2.45, 2.75) is 6.61 Å². The molecule has 1 heterocycles. The lowest BCUT2D eigenvalue weighted by Crippen LogP contribution is -2.33. The van der Waals surface area contributed by atoms with Gasteiger partial charge in [-0.1, -0.05) is 48.0 Å². The molecule has 0 saturated carbocycles. The minimum atomic E-state index is -0.594. The second kappa shape index (κ2) is 9.02. The number of hydrogen-bond donors (Lipinski definition) is 0. The maximum Gasteiger partial charge on any atom is 0.341 e. The van der Waals surface area contributed by atoms with Gasteiger partial charge >= 0.3 is 5.97 Å². The van der Waals surface area contributed by atoms with E-state index in [2.05, 4.69) is 0 Å². The van der Waals surface area contributed by atoms with Crippen molar-refractivity contribution in [3.05, 3.63) is 100 Å². The summed E-state index contributed by atoms with van der Waals surface area (Å²) in [6.07, 6.45) is 0. The molecule has 0 fully saturated rings. The minimum absolute atomic E-state index is 0.0219. The summed E-state index contributed by atoms with van der Waals surface area (Å²) < 4.78 is 11.1. The summed E-state index contributed by atoms with van der Waals surface area (Å²) in [7, 11) is 0. The number of ether oxygens (including phenoxy) is 2. The van der Waals surface area contributed by atoms with E-state index in [1.165, 1.54) is 0 Å². The van der Waals surface area contributed by atoms with Crippen LogP contribution in [0.3, 0.4) is 0 Å². The van der Waals surface area contributed by atoms with Gasteiger partial charge < -0.3 is 9.47 Å². The van der Waals surface area contributed by atoms with Gasteiger partial charge in [-0.2, -0.15) is 0 Å². The van der Waals surface area contributed by atoms with E-state index in [1.54, 1.807) is 60.7 Å². The van der Waals surface area contributed by atoms with Crippen molar-refractivity contribution in [1.29, 1.82) is 0 Å². The van der Waals surface area contributed by atoms with Crippen LogP contribution in [-0.4, -0.2) is 35.8 Å². The van der Waals surface area contributed by atoms with E-state index in [9.17, 15) is 14.4 Å². The van der Waals surface area contributed by atoms with E-state index in [4.69, 9.17) is 21.1 Å². The van der Waals surface area contributed by atoms with E-state index in [-0.39, 0.29) is 37.1 Å². The number of para-hydroxylation sites is 1. The van der Waals surface area contributed by atoms with E-state index < -0.39 is 5.97 Å². The Morgan fingerprint density at radius 1 is 0.839 bits per heavy atom. The molecule has 2 amide bonds. The summed E-state index contributed by atoms with van der Waals surface area (Å²) in [5.41, 5.74) is 1.89. The van der Waals surface area contributed by atoms with Crippen molar-refractivity contribution in [2.24, 2.45) is 0 Å². The largest absolute Gasteiger partial charge is 0.488 e. The Kier molecular flexibility index (Phi) is 6.00. The molecule has 0 bridgehead atoms. The van der Waals surface area contributed by atoms with E-state index >= 15 is 0 Å². The second-order valence-corrected chi connectivity index (χ2v) is 7.29. The number of imide groups is 1. The predicted octanol–water partition coefficient (Wildman–Crippen LogP) is 4.37. The standard InChI is InChI=1S/C24H18ClNO5/c25-17-11-9-16(10-12-17)15-31-21-8-4-3-7-20(21)24(29)30-14-13-26-22(27)18-5-1-2-6-19(18)23(26)28/h1-12H,13-15H2. The van der Waals surface area contributed by atoms with Crippen LogP contribution in [0.1, 0.15) is 36.6 Å². The number of carbonyl (C=O) groups is 3. The van der Waals surface area contributed by atoms with Crippen molar-refractivity contribution in [1.82, 2.24) is 4.90 Å². The Morgan fingerprint density at radius 2 is 1.45 bits per heavy atom. The number of benzene rings is 3. The molecule has 1 aliphatic rings. The molecule has 3 aromatic rings. The molecule has 0 atom stereocenters. The highest BCUT2D eigenvalue weighted by atomic mass is 35.5. The maximum atomic E-state index is 12.6. The number of esters is 1. The fraction of sp³-hybridized carbons (Fsp3) is 0.125. The maximum absolute atomic E-state index is 12.6. The molecule has 0 aromatic heterocycles. The van der Waals surface area contributed by atoms with Crippen LogP contribution in [0.15, 0.2) is 72.8 Å². The van der Waals surface area contributed by atoms with Gasteiger partial charge in [-0.15, -0.1) is 0 Å². The lowest BCUT2D eigenvalue weighted by atomic mass is 10.1. The van der Waals surface area contributed by atoms with E-state index in [0.29, 0.717) is 21.9 Å². The van der Waals surface area contributed by atoms with Gasteiger partial charge in [0, 0.05) is 5.02 Å². The molecule has 0 saturated heterocycles. The molecule has 0 radical (unpaired) electrons. The Hall–Kier alpha value is -3.64. The minimum Gasteiger partial charge on any atom is -0.488 e. The zero-order chi connectivity index (χ0) is 21.8. The van der Waals surface area contributed by atoms with Crippen LogP contribution in [0.5, 0.6) is 5.75 Å². The summed E-state index contributed by atoms with van der Waals surface area (Å²) in [6.45, 7) is 0.123. The normalized spacial score (nSPS) is 12.6. The number of fused-ring (bicyclic) bond motifs is 1. The zero-order valence-electron chi connectivity index (χ0n) is 16.4. The quantitative estimate of drug-likeness (QED) is 0.407. The van der Waals surface area contributed by atoms with Crippen molar-refractivity contribution in [3.63, 3.8) is 0 Å². The number of rotatable bonds is 7. The fourth-order valence-electron chi connectivity index (χ4n) is 3.25. The van der Waals surface area contributed by atoms with Gasteiger partial charge in [0.25, 0.3) is 11.8 Å². The number of carbonyl (C=O) groups excluding carboxylic acids is 3. The SMILES string of the molecule is O=C(OCCN1C(=O)c2ccccc2C1=O)c1ccccc1OCc1ccc(Cl)cc1. The lowest BCUT2D eigenvalue weighted by Gasteiger charge is -2.15. The first-order chi connectivity index (χ1) is 15.0. The van der Waals surface area contributed by atoms with Crippen LogP contribution in [0.2, 0.25) is 5.02 Å². The number of amides is 2. The smallest absolute Gasteiger partial charge is 0.341 e. The zero-order valence-corrected chi connectivity index (χ0v) is 17.2. The summed E-state index contributed by atoms with van der Waals surface area (Å²) in [5.74, 6) is -0.988. The Labute approximate surface area is 184 Å². The van der Waals surface area contributed by atoms with E-state index in [0.717, 1.165) is 10.5 Å². The molecule has 3 aromatic carbocycles. The van der Waals surface area contributed by atoms with Crippen molar-refractivity contribution >= 4 is 29.4 Å². The van der Waals surface area contributed by atoms with Crippen molar-refractivity contribution in [2.75, 3.05) is 13.2 Å². The molecule has 4 rings (SSSR count). The summed E-state index contributed by atoms with van der Waals surface area (Å²) in [5, 5.41) is 0.630. The van der Waals surface area contributed by atoms with E-state index in [1.807, 2.05) is 12.1 Å². The molecule has 0 aliphatic carbocycles. The average Bonchev–Trinajstić information content (AvgIpc) is 3.04. The third-order valence-electron chi connectivity index (χ3n) is 4.84. The monoisotopic (exact) mass is 435 g/mol. The highest BCUT2D eigenvalue weighted by Crippen LogP contribution is 2.23. The molecular formula is C24H18ClNO5. The number of nitrogens with zero attached hydrogens (tertiary/aromatic N) is 1. The highest BCUT2D eigenvalue weighted by Gasteiger charge is 2.34. The highest BCUT2D eigenvalue weighted by molar-refractivity contribution is 6.30. The lowest BCUT2D eigenvalue weighted by molar-refractivity contribution is 0.0416. The van der Waals surface area contributed by atoms with Gasteiger partial charge in [0.15, 0.2) is 0 Å². The molecule has 0 spiro atoms. The molecule has 156 valence electrons. The first kappa shape index (κ1) is 20.6. The van der Waals surface area contributed by atoms with Gasteiger partial charge in [0.2, 0.25) is 0 Å². The molecular weight excluding hydrogens is 418 g/mol. The average molecular weight is 436 g/mol. The van der Waals surface area contributed by atoms with Crippen LogP contribution >= 0.6 is 11.6 Å². The van der Waals surface area contributed by atoms with Gasteiger partial charge in [-0.25, -0.2) is 4.79 Å². The van der Waals surface area contributed by atoms with Crippen LogP contribution in [0.25, 0.3) is 0 Å². The molecule has 0 N–H and O–H groups in total. The second-order valence-electron chi connectivity index (χ2n) is 6.85. The van der Waals surface area contributed by atoms with Crippen LogP contribution in [0, 0.1) is 0 Å². The number of halogens is 1. The Bertz CT molecular complexity index is 1110. The third-order valence-corrected chi connectivity index (χ3v) is 5.09. The Morgan fingerprint density at radius 3 is 2.13 bits per heavy atom. The Balaban J connectivity index is 1.36. The summed E-state index contributed by atoms with van der Waals surface area (Å²) in [4.78, 5) is 38.4. The van der Waals surface area contributed by atoms with Crippen LogP contribution in [-0.2, 0) is 11.3 Å². The molecule has 0 unspecified atom stereocenters. The first-order valence-corrected chi connectivity index (χ1v) is 10.0. The van der Waals surface area contributed by atoms with Crippen molar-refractivity contribution < 1.29 is 23.9 Å². The molecule has 7 heteroatoms.